The van der Waals surface area contributed by atoms with E-state index in [0.29, 0.717) is 29.2 Å². The zero-order chi connectivity index (χ0) is 25.7. The second-order valence-electron chi connectivity index (χ2n) is 8.00. The number of aromatic nitrogens is 2. The van der Waals surface area contributed by atoms with E-state index in [2.05, 4.69) is 5.32 Å². The van der Waals surface area contributed by atoms with Gasteiger partial charge < -0.3 is 19.7 Å². The Morgan fingerprint density at radius 2 is 1.83 bits per heavy atom. The van der Waals surface area contributed by atoms with E-state index in [4.69, 9.17) is 14.8 Å². The van der Waals surface area contributed by atoms with Crippen molar-refractivity contribution in [3.8, 4) is 5.75 Å². The molecule has 1 atom stereocenters. The van der Waals surface area contributed by atoms with E-state index in [1.165, 1.54) is 12.1 Å². The molecule has 3 aromatic carbocycles. The largest absolute Gasteiger partial charge is 0.483 e. The fourth-order valence-electron chi connectivity index (χ4n) is 3.77. The van der Waals surface area contributed by atoms with Gasteiger partial charge in [-0.2, -0.15) is 13.2 Å². The Morgan fingerprint density at radius 1 is 1.11 bits per heavy atom. The molecule has 188 valence electrons. The summed E-state index contributed by atoms with van der Waals surface area (Å²) in [5, 5.41) is 11.6. The summed E-state index contributed by atoms with van der Waals surface area (Å²) in [5.74, 6) is 0.949. The number of nitrogens with zero attached hydrogens (tertiary/aromatic N) is 2. The number of aliphatic hydroxyl groups is 1. The monoisotopic (exact) mass is 515 g/mol. The van der Waals surface area contributed by atoms with Crippen molar-refractivity contribution in [2.45, 2.75) is 30.0 Å². The zero-order valence-electron chi connectivity index (χ0n) is 19.3. The summed E-state index contributed by atoms with van der Waals surface area (Å²) in [4.78, 5) is 17.2. The van der Waals surface area contributed by atoms with Crippen molar-refractivity contribution in [3.05, 3.63) is 89.7 Å². The number of aliphatic hydroxyl groups excluding tert-OH is 1. The van der Waals surface area contributed by atoms with E-state index in [0.717, 1.165) is 11.1 Å². The SMILES string of the molecule is CC(Oc1ccccc1)c1nc2cc(C(=O)NCCO)ccc2n1Cc1ccc(SC(F)(F)F)cc1. The Morgan fingerprint density at radius 3 is 2.50 bits per heavy atom. The highest BCUT2D eigenvalue weighted by Crippen LogP contribution is 2.37. The van der Waals surface area contributed by atoms with E-state index in [-0.39, 0.29) is 35.7 Å². The van der Waals surface area contributed by atoms with Crippen molar-refractivity contribution in [2.75, 3.05) is 13.2 Å². The van der Waals surface area contributed by atoms with Crippen LogP contribution in [0.5, 0.6) is 5.75 Å². The van der Waals surface area contributed by atoms with Gasteiger partial charge in [-0.05, 0) is 66.7 Å². The number of nitrogens with one attached hydrogen (secondary N) is 1. The highest BCUT2D eigenvalue weighted by Gasteiger charge is 2.29. The van der Waals surface area contributed by atoms with Gasteiger partial charge in [0.25, 0.3) is 5.91 Å². The van der Waals surface area contributed by atoms with E-state index >= 15 is 0 Å². The third-order valence-corrected chi connectivity index (χ3v) is 6.09. The molecule has 0 aliphatic heterocycles. The van der Waals surface area contributed by atoms with Gasteiger partial charge in [0, 0.05) is 23.5 Å². The van der Waals surface area contributed by atoms with Gasteiger partial charge >= 0.3 is 5.51 Å². The summed E-state index contributed by atoms with van der Waals surface area (Å²) in [6.07, 6.45) is -0.452. The number of benzene rings is 3. The molecule has 0 radical (unpaired) electrons. The first-order valence-electron chi connectivity index (χ1n) is 11.2. The first kappa shape index (κ1) is 25.6. The van der Waals surface area contributed by atoms with Gasteiger partial charge in [0.2, 0.25) is 0 Å². The molecule has 0 aliphatic rings. The Kier molecular flexibility index (Phi) is 7.85. The minimum atomic E-state index is -4.35. The molecular weight excluding hydrogens is 491 g/mol. The lowest BCUT2D eigenvalue weighted by Gasteiger charge is -2.17. The molecule has 1 unspecified atom stereocenters. The van der Waals surface area contributed by atoms with Gasteiger partial charge in [-0.3, -0.25) is 4.79 Å². The number of halogens is 3. The number of ether oxygens (including phenoxy) is 1. The summed E-state index contributed by atoms with van der Waals surface area (Å²) in [6, 6.07) is 20.6. The number of carbonyl (C=O) groups excluding carboxylic acids is 1. The van der Waals surface area contributed by atoms with Gasteiger partial charge in [0.1, 0.15) is 5.75 Å². The van der Waals surface area contributed by atoms with Gasteiger partial charge in [0.15, 0.2) is 11.9 Å². The number of rotatable bonds is 9. The van der Waals surface area contributed by atoms with Crippen LogP contribution in [0.15, 0.2) is 77.7 Å². The maximum Gasteiger partial charge on any atom is 0.446 e. The Hall–Kier alpha value is -3.50. The Balaban J connectivity index is 1.68. The molecule has 0 saturated heterocycles. The lowest BCUT2D eigenvalue weighted by Crippen LogP contribution is -2.26. The molecule has 1 amide bonds. The first-order valence-corrected chi connectivity index (χ1v) is 12.0. The number of hydrogen-bond donors (Lipinski definition) is 2. The molecule has 36 heavy (non-hydrogen) atoms. The average Bonchev–Trinajstić information content (AvgIpc) is 3.21. The zero-order valence-corrected chi connectivity index (χ0v) is 20.1. The van der Waals surface area contributed by atoms with E-state index in [1.807, 2.05) is 41.8 Å². The standard InChI is InChI=1S/C26H24F3N3O3S/c1-17(35-20-5-3-2-4-6-20)24-31-22-15-19(25(34)30-13-14-33)9-12-23(22)32(24)16-18-7-10-21(11-8-18)36-26(27,28)29/h2-12,15,17,33H,13-14,16H2,1H3,(H,30,34). The van der Waals surface area contributed by atoms with Gasteiger partial charge in [-0.15, -0.1) is 0 Å². The highest BCUT2D eigenvalue weighted by molar-refractivity contribution is 8.00. The minimum absolute atomic E-state index is 0.112. The van der Waals surface area contributed by atoms with Crippen molar-refractivity contribution < 1.29 is 27.8 Å². The predicted molar refractivity (Wildman–Crippen MR) is 132 cm³/mol. The van der Waals surface area contributed by atoms with Crippen LogP contribution in [0.1, 0.15) is 34.8 Å². The van der Waals surface area contributed by atoms with Crippen LogP contribution in [0.2, 0.25) is 0 Å². The first-order chi connectivity index (χ1) is 17.2. The van der Waals surface area contributed by atoms with E-state index in [9.17, 15) is 18.0 Å². The summed E-state index contributed by atoms with van der Waals surface area (Å²) in [7, 11) is 0. The fourth-order valence-corrected chi connectivity index (χ4v) is 4.31. The molecule has 4 rings (SSSR count). The van der Waals surface area contributed by atoms with E-state index in [1.54, 1.807) is 30.3 Å². The molecule has 0 bridgehead atoms. The minimum Gasteiger partial charge on any atom is -0.483 e. The maximum atomic E-state index is 12.7. The molecule has 0 aliphatic carbocycles. The van der Waals surface area contributed by atoms with Crippen LogP contribution in [-0.2, 0) is 6.54 Å². The van der Waals surface area contributed by atoms with Gasteiger partial charge in [-0.25, -0.2) is 4.98 Å². The molecule has 0 saturated carbocycles. The molecule has 1 aromatic heterocycles. The lowest BCUT2D eigenvalue weighted by molar-refractivity contribution is -0.0328. The van der Waals surface area contributed by atoms with Crippen molar-refractivity contribution in [3.63, 3.8) is 0 Å². The molecule has 0 spiro atoms. The number of carbonyl (C=O) groups is 1. The molecule has 10 heteroatoms. The van der Waals surface area contributed by atoms with E-state index < -0.39 is 11.6 Å². The third-order valence-electron chi connectivity index (χ3n) is 5.35. The highest BCUT2D eigenvalue weighted by atomic mass is 32.2. The average molecular weight is 516 g/mol. The molecule has 6 nitrogen and oxygen atoms in total. The van der Waals surface area contributed by atoms with Crippen LogP contribution in [0, 0.1) is 0 Å². The summed E-state index contributed by atoms with van der Waals surface area (Å²) >= 11 is -0.154. The molecular formula is C26H24F3N3O3S. The fraction of sp³-hybridized carbons (Fsp3) is 0.231. The van der Waals surface area contributed by atoms with Crippen LogP contribution in [-0.4, -0.2) is 39.2 Å². The number of amides is 1. The van der Waals surface area contributed by atoms with Crippen molar-refractivity contribution >= 4 is 28.7 Å². The van der Waals surface area contributed by atoms with Crippen LogP contribution < -0.4 is 10.1 Å². The Bertz CT molecular complexity index is 1330. The Labute approximate surface area is 210 Å². The summed E-state index contributed by atoms with van der Waals surface area (Å²) in [5.41, 5.74) is -1.83. The quantitative estimate of drug-likeness (QED) is 0.286. The smallest absolute Gasteiger partial charge is 0.446 e. The maximum absolute atomic E-state index is 12.7. The second-order valence-corrected chi connectivity index (χ2v) is 9.14. The topological polar surface area (TPSA) is 76.4 Å². The molecule has 4 aromatic rings. The predicted octanol–water partition coefficient (Wildman–Crippen LogP) is 5.56. The van der Waals surface area contributed by atoms with Crippen LogP contribution in [0.3, 0.4) is 0 Å². The number of imidazole rings is 1. The number of hydrogen-bond acceptors (Lipinski definition) is 5. The molecule has 2 N–H and O–H groups in total. The number of fused-ring (bicyclic) bond motifs is 1. The van der Waals surface area contributed by atoms with Crippen LogP contribution in [0.4, 0.5) is 13.2 Å². The van der Waals surface area contributed by atoms with Crippen molar-refractivity contribution in [1.29, 1.82) is 0 Å². The van der Waals surface area contributed by atoms with Gasteiger partial charge in [0.05, 0.1) is 17.6 Å². The van der Waals surface area contributed by atoms with Crippen LogP contribution >= 0.6 is 11.8 Å². The normalized spacial score (nSPS) is 12.5. The summed E-state index contributed by atoms with van der Waals surface area (Å²) in [6.45, 7) is 2.19. The molecule has 1 heterocycles. The third kappa shape index (κ3) is 6.38. The number of alkyl halides is 3. The lowest BCUT2D eigenvalue weighted by atomic mass is 10.1. The number of para-hydroxylation sites is 1. The summed E-state index contributed by atoms with van der Waals surface area (Å²) < 4.78 is 46.1. The number of thioether (sulfide) groups is 1. The second kappa shape index (κ2) is 11.0. The van der Waals surface area contributed by atoms with Crippen molar-refractivity contribution in [1.82, 2.24) is 14.9 Å². The molecule has 0 fully saturated rings. The van der Waals surface area contributed by atoms with Gasteiger partial charge in [-0.1, -0.05) is 30.3 Å². The van der Waals surface area contributed by atoms with Crippen molar-refractivity contribution in [2.24, 2.45) is 0 Å². The van der Waals surface area contributed by atoms with Crippen LogP contribution in [0.25, 0.3) is 11.0 Å².